The third-order valence-electron chi connectivity index (χ3n) is 19.5. The van der Waals surface area contributed by atoms with Crippen molar-refractivity contribution in [1.82, 2.24) is 36.9 Å². The van der Waals surface area contributed by atoms with Crippen LogP contribution in [0.25, 0.3) is 21.7 Å². The van der Waals surface area contributed by atoms with Crippen LogP contribution in [-0.2, 0) is 75.2 Å². The standard InChI is InChI=1S/C78H118N20O15S2/c1-42(99)65(63(105)37-49(20-14-30-90-75(84)85)69(109)98-66(72(112)113)77(3,4)5)97-71(111)53(78(6,7)115)39-62(104)56(26-27-64(79)106)95-70(110)50(34-51-40-92-54-22-11-10-21-52(51)54)38-60(102)57(33-44-24-25-45-16-8-9-17-46(45)32-44)96-68(108)47(18-12-28-88-73(80)81)35-59(101)55(23-15-31-91-76(86)87)94-67(107)48(19-13-29-89-74(82)83)36-61(103)58(41-114)93-43(2)100/h8-11,16-17,21-22,24-25,32,40,42,47-50,53,55-58,65-66,92,99,114-115H,12-15,18-20,23,26-31,33-39,41H2,1-7H3,(H2,79,106)(H,93,100)(H,94,107)(H,95,110)(H,96,108)(H,97,111)(H,98,109)(H,112,113)(H4,80,81,88)(H4,82,83,89)(H4,84,85,90)(H4,86,87,91)/t42-,47-,48+,49-,50-,53-,55-,56+,57+,58+,65+,66-/m1/s1. The third kappa shape index (κ3) is 34.1. The summed E-state index contributed by atoms with van der Waals surface area (Å²) in [5.74, 6) is -18.0. The number of aromatic nitrogens is 1. The second-order valence-corrected chi connectivity index (χ2v) is 32.1. The van der Waals surface area contributed by atoms with Gasteiger partial charge in [0.25, 0.3) is 0 Å². The van der Waals surface area contributed by atoms with Crippen LogP contribution in [0.5, 0.6) is 0 Å². The van der Waals surface area contributed by atoms with E-state index in [1.54, 1.807) is 57.3 Å². The summed E-state index contributed by atoms with van der Waals surface area (Å²) in [6.07, 6.45) is -3.72. The molecule has 1 heterocycles. The highest BCUT2D eigenvalue weighted by Crippen LogP contribution is 2.31. The Hall–Kier alpha value is -10.7. The fraction of sp³-hybridized carbons (Fsp3) is 0.551. The van der Waals surface area contributed by atoms with E-state index in [2.05, 4.69) is 69.5 Å². The van der Waals surface area contributed by atoms with E-state index in [0.717, 1.165) is 10.8 Å². The second-order valence-electron chi connectivity index (χ2n) is 30.6. The molecule has 4 aromatic rings. The van der Waals surface area contributed by atoms with Gasteiger partial charge in [-0.2, -0.15) is 25.3 Å². The normalized spacial score (nSPS) is 14.6. The lowest BCUT2D eigenvalue weighted by Crippen LogP contribution is -2.54. The number of para-hydroxylation sites is 1. The number of hydrogen-bond donors (Lipinski definition) is 20. The van der Waals surface area contributed by atoms with Crippen molar-refractivity contribution >= 4 is 147 Å². The second kappa shape index (κ2) is 47.2. The minimum Gasteiger partial charge on any atom is -0.480 e. The Labute approximate surface area is 680 Å². The average Bonchev–Trinajstić information content (AvgIpc) is 1.80. The number of aliphatic hydroxyl groups is 1. The van der Waals surface area contributed by atoms with Gasteiger partial charge in [0.1, 0.15) is 12.1 Å². The van der Waals surface area contributed by atoms with Crippen LogP contribution in [0.3, 0.4) is 0 Å². The molecule has 0 bridgehead atoms. The molecule has 35 nitrogen and oxygen atoms in total. The highest BCUT2D eigenvalue weighted by Gasteiger charge is 2.42. The molecular formula is C78H118N20O15S2. The molecule has 115 heavy (non-hydrogen) atoms. The lowest BCUT2D eigenvalue weighted by molar-refractivity contribution is -0.146. The van der Waals surface area contributed by atoms with Gasteiger partial charge in [-0.3, -0.25) is 77.5 Å². The van der Waals surface area contributed by atoms with Crippen molar-refractivity contribution in [3.63, 3.8) is 0 Å². The van der Waals surface area contributed by atoms with Crippen LogP contribution < -0.4 is 83.5 Å². The molecule has 0 radical (unpaired) electrons. The number of aromatic amines is 1. The first-order chi connectivity index (χ1) is 54.0. The summed E-state index contributed by atoms with van der Waals surface area (Å²) in [5, 5.41) is 39.6. The molecule has 632 valence electrons. The van der Waals surface area contributed by atoms with Crippen LogP contribution in [0.1, 0.15) is 156 Å². The summed E-state index contributed by atoms with van der Waals surface area (Å²) < 4.78 is -1.42. The van der Waals surface area contributed by atoms with Crippen LogP contribution >= 0.6 is 25.3 Å². The van der Waals surface area contributed by atoms with Gasteiger partial charge in [-0.15, -0.1) is 0 Å². The minimum absolute atomic E-state index is 0.00963. The lowest BCUT2D eigenvalue weighted by Gasteiger charge is -2.32. The number of nitrogens with two attached hydrogens (primary N) is 9. The molecule has 0 unspecified atom stereocenters. The Kier molecular flexibility index (Phi) is 39.7. The van der Waals surface area contributed by atoms with Crippen LogP contribution in [0.15, 0.2) is 92.9 Å². The number of amides is 7. The summed E-state index contributed by atoms with van der Waals surface area (Å²) in [6, 6.07) is 11.3. The predicted octanol–water partition coefficient (Wildman–Crippen LogP) is 0.542. The number of rotatable bonds is 53. The van der Waals surface area contributed by atoms with Gasteiger partial charge in [-0.25, -0.2) is 4.79 Å². The van der Waals surface area contributed by atoms with Gasteiger partial charge in [0, 0.05) is 123 Å². The first kappa shape index (κ1) is 96.7. The van der Waals surface area contributed by atoms with Gasteiger partial charge in [-0.05, 0) is 111 Å². The monoisotopic (exact) mass is 1640 g/mol. The molecule has 3 aromatic carbocycles. The van der Waals surface area contributed by atoms with Gasteiger partial charge in [-0.1, -0.05) is 95.3 Å². The van der Waals surface area contributed by atoms with Gasteiger partial charge in [0.2, 0.25) is 41.4 Å². The zero-order valence-electron chi connectivity index (χ0n) is 66.5. The summed E-state index contributed by atoms with van der Waals surface area (Å²) in [4.78, 5) is 204. The first-order valence-corrected chi connectivity index (χ1v) is 39.3. The molecule has 12 atom stereocenters. The van der Waals surface area contributed by atoms with E-state index in [9.17, 15) is 48.6 Å². The van der Waals surface area contributed by atoms with Crippen LogP contribution in [0, 0.1) is 35.0 Å². The van der Waals surface area contributed by atoms with E-state index in [0.29, 0.717) is 22.0 Å². The number of carbonyl (C=O) groups excluding carboxylic acids is 12. The Morgan fingerprint density at radius 2 is 0.922 bits per heavy atom. The summed E-state index contributed by atoms with van der Waals surface area (Å²) in [5.41, 5.74) is 51.4. The lowest BCUT2D eigenvalue weighted by atomic mass is 9.84. The van der Waals surface area contributed by atoms with Crippen molar-refractivity contribution < 1.29 is 72.5 Å². The summed E-state index contributed by atoms with van der Waals surface area (Å²) in [7, 11) is 0. The zero-order chi connectivity index (χ0) is 86.0. The Morgan fingerprint density at radius 1 is 0.487 bits per heavy atom. The molecular weight excluding hydrogens is 1520 g/mol. The number of fused-ring (bicyclic) bond motifs is 2. The SMILES string of the molecule is CC(=O)N[C@@H](CS)C(=O)C[C@H](CCCN=C(N)N)C(=O)N[C@H](CCCN=C(N)N)C(=O)C[C@@H](CCCN=C(N)N)C(=O)N[C@@H](Cc1ccc2ccccc2c1)C(=O)C[C@@H](Cc1c[nH]c2ccccc12)C(=O)N[C@@H](CCC(N)=O)C(=O)C[C@H](C(=O)N[C@H](C(=O)C[C@@H](CCCN=C(N)N)C(=O)N[C@H](C(=O)O)C(C)(C)C)[C@@H](C)O)C(C)(C)S. The zero-order valence-corrected chi connectivity index (χ0v) is 68.3. The van der Waals surface area contributed by atoms with E-state index >= 15 is 24.0 Å². The number of nitrogens with one attached hydrogen (secondary N) is 7. The number of ketones is 5. The number of nitrogens with zero attached hydrogens (tertiary/aromatic N) is 4. The van der Waals surface area contributed by atoms with Crippen molar-refractivity contribution in [2.75, 3.05) is 31.9 Å². The van der Waals surface area contributed by atoms with Gasteiger partial charge < -0.3 is 98.7 Å². The fourth-order valence-corrected chi connectivity index (χ4v) is 13.7. The molecule has 1 aromatic heterocycles. The molecule has 0 aliphatic carbocycles. The van der Waals surface area contributed by atoms with Crippen molar-refractivity contribution in [3.8, 4) is 0 Å². The maximum atomic E-state index is 15.7. The molecule has 0 fully saturated rings. The van der Waals surface area contributed by atoms with Gasteiger partial charge in [0.05, 0.1) is 36.2 Å². The number of H-pyrrole nitrogens is 1. The van der Waals surface area contributed by atoms with Gasteiger partial charge >= 0.3 is 5.97 Å². The number of thiol groups is 2. The average molecular weight is 1640 g/mol. The van der Waals surface area contributed by atoms with E-state index < -0.39 is 203 Å². The van der Waals surface area contributed by atoms with Crippen molar-refractivity contribution in [2.45, 2.75) is 205 Å². The highest BCUT2D eigenvalue weighted by molar-refractivity contribution is 7.81. The molecule has 37 heteroatoms. The number of aliphatic imine (C=N–C) groups is 4. The van der Waals surface area contributed by atoms with E-state index in [-0.39, 0.29) is 120 Å². The van der Waals surface area contributed by atoms with E-state index in [1.165, 1.54) is 27.7 Å². The molecule has 0 saturated heterocycles. The largest absolute Gasteiger partial charge is 0.480 e. The van der Waals surface area contributed by atoms with Crippen LogP contribution in [0.2, 0.25) is 0 Å². The summed E-state index contributed by atoms with van der Waals surface area (Å²) in [6.45, 7) is 10.3. The number of aliphatic hydroxyl groups excluding tert-OH is 1. The smallest absolute Gasteiger partial charge is 0.326 e. The first-order valence-electron chi connectivity index (χ1n) is 38.2. The number of carboxylic acids is 1. The fourth-order valence-electron chi connectivity index (χ4n) is 13.2. The molecule has 0 saturated carbocycles. The van der Waals surface area contributed by atoms with E-state index in [1.807, 2.05) is 36.4 Å². The molecule has 27 N–H and O–H groups in total. The number of Topliss-reactive ketones (excluding diaryl/α,β-unsaturated/α-hetero) is 5. The number of aliphatic carboxylic acids is 1. The number of hydrogen-bond acceptors (Lipinski definition) is 20. The van der Waals surface area contributed by atoms with Crippen LogP contribution in [-0.4, -0.2) is 194 Å². The number of guanidine groups is 4. The molecule has 0 aliphatic rings. The number of benzene rings is 3. The van der Waals surface area contributed by atoms with Gasteiger partial charge in [0.15, 0.2) is 52.8 Å². The van der Waals surface area contributed by atoms with Crippen LogP contribution in [0.4, 0.5) is 0 Å². The third-order valence-corrected chi connectivity index (χ3v) is 20.2. The number of carboxylic acid groups (broad SMARTS) is 1. The Balaban J connectivity index is 1.82. The van der Waals surface area contributed by atoms with Crippen molar-refractivity contribution in [1.29, 1.82) is 0 Å². The maximum absolute atomic E-state index is 15.7. The number of primary amides is 1. The quantitative estimate of drug-likeness (QED) is 0.0124. The number of carbonyl (C=O) groups is 13. The maximum Gasteiger partial charge on any atom is 0.326 e. The van der Waals surface area contributed by atoms with E-state index in [4.69, 9.17) is 64.2 Å². The highest BCUT2D eigenvalue weighted by atomic mass is 32.1. The Morgan fingerprint density at radius 3 is 1.40 bits per heavy atom. The Bertz CT molecular complexity index is 4160. The van der Waals surface area contributed by atoms with Crippen molar-refractivity contribution in [2.24, 2.45) is 107 Å². The topological polar surface area (TPSA) is 634 Å². The molecule has 0 aliphatic heterocycles. The molecule has 0 spiro atoms. The minimum atomic E-state index is -1.72. The summed E-state index contributed by atoms with van der Waals surface area (Å²) >= 11 is 8.96. The van der Waals surface area contributed by atoms with Crippen molar-refractivity contribution in [3.05, 3.63) is 84.1 Å². The molecule has 7 amide bonds. The molecule has 4 rings (SSSR count). The predicted molar refractivity (Wildman–Crippen MR) is 446 cm³/mol.